The van der Waals surface area contributed by atoms with Crippen molar-refractivity contribution in [1.29, 1.82) is 0 Å². The van der Waals surface area contributed by atoms with Crippen LogP contribution in [-0.2, 0) is 25.3 Å². The van der Waals surface area contributed by atoms with E-state index in [0.29, 0.717) is 5.02 Å². The molecule has 6 heteroatoms. The van der Waals surface area contributed by atoms with E-state index in [2.05, 4.69) is 4.74 Å². The molecule has 0 radical (unpaired) electrons. The zero-order valence-corrected chi connectivity index (χ0v) is 13.8. The Hall–Kier alpha value is -1.04. The van der Waals surface area contributed by atoms with Crippen LogP contribution in [0.25, 0.3) is 0 Å². The minimum Gasteiger partial charge on any atom is -0.469 e. The summed E-state index contributed by atoms with van der Waals surface area (Å²) < 4.78 is 16.6. The SMILES string of the molecule is COC(=O)Cc1ccc(B2OC(C)(C)C(C)(C)O2)cc1Cl. The van der Waals surface area contributed by atoms with Crippen molar-refractivity contribution in [2.45, 2.75) is 45.3 Å². The van der Waals surface area contributed by atoms with E-state index >= 15 is 0 Å². The first-order valence-electron chi connectivity index (χ1n) is 6.87. The van der Waals surface area contributed by atoms with Gasteiger partial charge >= 0.3 is 13.1 Å². The van der Waals surface area contributed by atoms with Gasteiger partial charge in [-0.05, 0) is 44.8 Å². The molecule has 1 fully saturated rings. The number of methoxy groups -OCH3 is 1. The fourth-order valence-corrected chi connectivity index (χ4v) is 2.32. The normalized spacial score (nSPS) is 19.6. The predicted molar refractivity (Wildman–Crippen MR) is 82.9 cm³/mol. The second-order valence-corrected chi connectivity index (χ2v) is 6.60. The van der Waals surface area contributed by atoms with E-state index in [4.69, 9.17) is 20.9 Å². The van der Waals surface area contributed by atoms with E-state index in [9.17, 15) is 4.79 Å². The van der Waals surface area contributed by atoms with Crippen LogP contribution in [0, 0.1) is 0 Å². The third-order valence-corrected chi connectivity index (χ3v) is 4.52. The lowest BCUT2D eigenvalue weighted by Crippen LogP contribution is -2.41. The minimum absolute atomic E-state index is 0.152. The molecule has 0 amide bonds. The summed E-state index contributed by atoms with van der Waals surface area (Å²) in [5, 5.41) is 0.507. The Morgan fingerprint density at radius 2 is 1.81 bits per heavy atom. The maximum absolute atomic E-state index is 11.3. The summed E-state index contributed by atoms with van der Waals surface area (Å²) in [6, 6.07) is 5.45. The van der Waals surface area contributed by atoms with Crippen LogP contribution in [0.2, 0.25) is 5.02 Å². The van der Waals surface area contributed by atoms with Crippen molar-refractivity contribution in [3.05, 3.63) is 28.8 Å². The second-order valence-electron chi connectivity index (χ2n) is 6.19. The molecule has 1 saturated heterocycles. The summed E-state index contributed by atoms with van der Waals surface area (Å²) in [6.45, 7) is 8.00. The molecular weight excluding hydrogens is 290 g/mol. The van der Waals surface area contributed by atoms with E-state index in [0.717, 1.165) is 11.0 Å². The van der Waals surface area contributed by atoms with Gasteiger partial charge in [0.25, 0.3) is 0 Å². The smallest absolute Gasteiger partial charge is 0.469 e. The Balaban J connectivity index is 2.20. The van der Waals surface area contributed by atoms with Gasteiger partial charge < -0.3 is 14.0 Å². The van der Waals surface area contributed by atoms with Gasteiger partial charge in [-0.25, -0.2) is 0 Å². The lowest BCUT2D eigenvalue weighted by molar-refractivity contribution is -0.139. The lowest BCUT2D eigenvalue weighted by Gasteiger charge is -2.32. The van der Waals surface area contributed by atoms with Crippen molar-refractivity contribution < 1.29 is 18.8 Å². The van der Waals surface area contributed by atoms with Crippen LogP contribution in [0.3, 0.4) is 0 Å². The largest absolute Gasteiger partial charge is 0.494 e. The van der Waals surface area contributed by atoms with Crippen LogP contribution in [-0.4, -0.2) is 31.4 Å². The highest BCUT2D eigenvalue weighted by Crippen LogP contribution is 2.36. The molecule has 21 heavy (non-hydrogen) atoms. The zero-order valence-electron chi connectivity index (χ0n) is 13.0. The van der Waals surface area contributed by atoms with Gasteiger partial charge in [-0.2, -0.15) is 0 Å². The van der Waals surface area contributed by atoms with E-state index in [1.165, 1.54) is 7.11 Å². The molecule has 4 nitrogen and oxygen atoms in total. The molecule has 1 aromatic carbocycles. The van der Waals surface area contributed by atoms with Gasteiger partial charge in [-0.15, -0.1) is 0 Å². The maximum Gasteiger partial charge on any atom is 0.494 e. The van der Waals surface area contributed by atoms with Crippen molar-refractivity contribution in [2.24, 2.45) is 0 Å². The monoisotopic (exact) mass is 310 g/mol. The van der Waals surface area contributed by atoms with E-state index in [1.54, 1.807) is 12.1 Å². The molecule has 2 rings (SSSR count). The number of benzene rings is 1. The molecule has 0 aliphatic carbocycles. The first-order chi connectivity index (χ1) is 9.66. The highest BCUT2D eigenvalue weighted by molar-refractivity contribution is 6.62. The summed E-state index contributed by atoms with van der Waals surface area (Å²) in [6.07, 6.45) is 0.152. The summed E-state index contributed by atoms with van der Waals surface area (Å²) in [4.78, 5) is 11.3. The topological polar surface area (TPSA) is 44.8 Å². The number of hydrogen-bond acceptors (Lipinski definition) is 4. The lowest BCUT2D eigenvalue weighted by atomic mass is 9.78. The number of rotatable bonds is 3. The maximum atomic E-state index is 11.3. The molecular formula is C15H20BClO4. The van der Waals surface area contributed by atoms with Crippen molar-refractivity contribution in [2.75, 3.05) is 7.11 Å². The van der Waals surface area contributed by atoms with Crippen molar-refractivity contribution in [3.63, 3.8) is 0 Å². The van der Waals surface area contributed by atoms with Crippen molar-refractivity contribution in [3.8, 4) is 0 Å². The van der Waals surface area contributed by atoms with Gasteiger partial charge in [-0.1, -0.05) is 23.7 Å². The second kappa shape index (κ2) is 5.63. The highest BCUT2D eigenvalue weighted by atomic mass is 35.5. The predicted octanol–water partition coefficient (Wildman–Crippen LogP) is 2.35. The molecule has 0 N–H and O–H groups in total. The number of ether oxygens (including phenoxy) is 1. The molecule has 0 spiro atoms. The fourth-order valence-electron chi connectivity index (χ4n) is 2.06. The molecule has 114 valence electrons. The third-order valence-electron chi connectivity index (χ3n) is 4.16. The molecule has 1 aliphatic rings. The summed E-state index contributed by atoms with van der Waals surface area (Å²) >= 11 is 6.23. The molecule has 0 atom stereocenters. The Morgan fingerprint density at radius 3 is 2.29 bits per heavy atom. The first kappa shape index (κ1) is 16.3. The van der Waals surface area contributed by atoms with Crippen molar-refractivity contribution in [1.82, 2.24) is 0 Å². The molecule has 0 bridgehead atoms. The summed E-state index contributed by atoms with van der Waals surface area (Å²) in [7, 11) is 0.897. The molecule has 1 aliphatic heterocycles. The van der Waals surface area contributed by atoms with Gasteiger partial charge in [0.15, 0.2) is 0 Å². The summed E-state index contributed by atoms with van der Waals surface area (Å²) in [5.41, 5.74) is 0.778. The van der Waals surface area contributed by atoms with Gasteiger partial charge in [0.2, 0.25) is 0 Å². The van der Waals surface area contributed by atoms with Crippen LogP contribution in [0.4, 0.5) is 0 Å². The number of halogens is 1. The minimum atomic E-state index is -0.459. The number of carbonyl (C=O) groups excluding carboxylic acids is 1. The fraction of sp³-hybridized carbons (Fsp3) is 0.533. The number of carbonyl (C=O) groups is 1. The Morgan fingerprint density at radius 1 is 1.24 bits per heavy atom. The molecule has 0 saturated carbocycles. The third kappa shape index (κ3) is 3.25. The van der Waals surface area contributed by atoms with E-state index < -0.39 is 18.3 Å². The summed E-state index contributed by atoms with van der Waals surface area (Å²) in [5.74, 6) is -0.319. The highest BCUT2D eigenvalue weighted by Gasteiger charge is 2.51. The Kier molecular flexibility index (Phi) is 4.38. The van der Waals surface area contributed by atoms with Crippen LogP contribution >= 0.6 is 11.6 Å². The van der Waals surface area contributed by atoms with Crippen LogP contribution in [0.15, 0.2) is 18.2 Å². The van der Waals surface area contributed by atoms with Gasteiger partial charge in [0, 0.05) is 5.02 Å². The molecule has 0 unspecified atom stereocenters. The number of hydrogen-bond donors (Lipinski definition) is 0. The van der Waals surface area contributed by atoms with Gasteiger partial charge in [-0.3, -0.25) is 4.79 Å². The van der Waals surface area contributed by atoms with Gasteiger partial charge in [0.05, 0.1) is 24.7 Å². The van der Waals surface area contributed by atoms with Crippen LogP contribution in [0.5, 0.6) is 0 Å². The molecule has 1 aromatic rings. The van der Waals surface area contributed by atoms with E-state index in [1.807, 2.05) is 33.8 Å². The van der Waals surface area contributed by atoms with Crippen molar-refractivity contribution >= 4 is 30.2 Å². The van der Waals surface area contributed by atoms with E-state index in [-0.39, 0.29) is 12.4 Å². The first-order valence-corrected chi connectivity index (χ1v) is 7.25. The van der Waals surface area contributed by atoms with Crippen LogP contribution < -0.4 is 5.46 Å². The Labute approximate surface area is 130 Å². The quantitative estimate of drug-likeness (QED) is 0.635. The number of esters is 1. The van der Waals surface area contributed by atoms with Gasteiger partial charge in [0.1, 0.15) is 0 Å². The zero-order chi connectivity index (χ0) is 15.8. The standard InChI is InChI=1S/C15H20BClO4/c1-14(2)15(3,4)21-16(20-14)11-7-6-10(12(17)9-11)8-13(18)19-5/h6-7,9H,8H2,1-5H3. The van der Waals surface area contributed by atoms with Crippen LogP contribution in [0.1, 0.15) is 33.3 Å². The molecule has 1 heterocycles. The Bertz CT molecular complexity index is 541. The average molecular weight is 311 g/mol. The molecule has 0 aromatic heterocycles. The average Bonchev–Trinajstić information content (AvgIpc) is 2.60.